The van der Waals surface area contributed by atoms with Gasteiger partial charge in [-0.3, -0.25) is 4.79 Å². The second kappa shape index (κ2) is 5.95. The van der Waals surface area contributed by atoms with Crippen molar-refractivity contribution in [2.75, 3.05) is 11.4 Å². The lowest BCUT2D eigenvalue weighted by Gasteiger charge is -2.39. The zero-order valence-electron chi connectivity index (χ0n) is 11.7. The van der Waals surface area contributed by atoms with Gasteiger partial charge in [0.1, 0.15) is 0 Å². The molecule has 2 atom stereocenters. The summed E-state index contributed by atoms with van der Waals surface area (Å²) in [6.45, 7) is 2.40. The molecule has 1 saturated heterocycles. The first-order valence-corrected chi connectivity index (χ1v) is 6.99. The number of carboxylic acid groups (broad SMARTS) is 1. The van der Waals surface area contributed by atoms with Crippen LogP contribution >= 0.6 is 0 Å². The SMILES string of the molecule is CCC1CC(C(=O)O)CCN1c1cccc(C(F)(F)F)c1. The smallest absolute Gasteiger partial charge is 0.416 e. The first-order chi connectivity index (χ1) is 9.82. The van der Waals surface area contributed by atoms with Gasteiger partial charge in [-0.1, -0.05) is 13.0 Å². The van der Waals surface area contributed by atoms with Crippen LogP contribution in [0.5, 0.6) is 0 Å². The summed E-state index contributed by atoms with van der Waals surface area (Å²) in [5.74, 6) is -1.23. The van der Waals surface area contributed by atoms with Crippen LogP contribution in [0.1, 0.15) is 31.7 Å². The van der Waals surface area contributed by atoms with Crippen LogP contribution < -0.4 is 4.90 Å². The molecule has 1 heterocycles. The summed E-state index contributed by atoms with van der Waals surface area (Å²) in [6.07, 6.45) is -2.72. The standard InChI is InChI=1S/C15H18F3NO2/c1-2-12-8-10(14(20)21)6-7-19(12)13-5-3-4-11(9-13)15(16,17)18/h3-5,9-10,12H,2,6-8H2,1H3,(H,20,21). The van der Waals surface area contributed by atoms with E-state index in [1.807, 2.05) is 11.8 Å². The van der Waals surface area contributed by atoms with Crippen LogP contribution in [-0.2, 0) is 11.0 Å². The normalized spacial score (nSPS) is 23.1. The average Bonchev–Trinajstić information content (AvgIpc) is 2.45. The van der Waals surface area contributed by atoms with Crippen molar-refractivity contribution in [2.24, 2.45) is 5.92 Å². The highest BCUT2D eigenvalue weighted by Gasteiger charge is 2.34. The number of alkyl halides is 3. The Hall–Kier alpha value is -1.72. The van der Waals surface area contributed by atoms with Gasteiger partial charge in [-0.15, -0.1) is 0 Å². The van der Waals surface area contributed by atoms with E-state index in [9.17, 15) is 18.0 Å². The lowest BCUT2D eigenvalue weighted by atomic mass is 9.89. The Morgan fingerprint density at radius 1 is 1.43 bits per heavy atom. The zero-order chi connectivity index (χ0) is 15.6. The van der Waals surface area contributed by atoms with Crippen LogP contribution in [0.25, 0.3) is 0 Å². The number of benzene rings is 1. The number of hydrogen-bond acceptors (Lipinski definition) is 2. The Kier molecular flexibility index (Phi) is 4.44. The topological polar surface area (TPSA) is 40.5 Å². The molecule has 1 fully saturated rings. The number of nitrogens with zero attached hydrogens (tertiary/aromatic N) is 1. The van der Waals surface area contributed by atoms with Crippen LogP contribution in [0, 0.1) is 5.92 Å². The molecule has 0 radical (unpaired) electrons. The predicted octanol–water partition coefficient (Wildman–Crippen LogP) is 3.79. The minimum Gasteiger partial charge on any atom is -0.481 e. The van der Waals surface area contributed by atoms with E-state index in [1.54, 1.807) is 6.07 Å². The van der Waals surface area contributed by atoms with E-state index in [4.69, 9.17) is 5.11 Å². The fourth-order valence-electron chi connectivity index (χ4n) is 2.86. The molecular formula is C15H18F3NO2. The molecule has 21 heavy (non-hydrogen) atoms. The number of halogens is 3. The van der Waals surface area contributed by atoms with Crippen molar-refractivity contribution < 1.29 is 23.1 Å². The van der Waals surface area contributed by atoms with E-state index in [2.05, 4.69) is 0 Å². The summed E-state index contributed by atoms with van der Waals surface area (Å²) in [4.78, 5) is 13.0. The second-order valence-corrected chi connectivity index (χ2v) is 5.36. The summed E-state index contributed by atoms with van der Waals surface area (Å²) in [5, 5.41) is 9.09. The van der Waals surface area contributed by atoms with E-state index >= 15 is 0 Å². The second-order valence-electron chi connectivity index (χ2n) is 5.36. The highest BCUT2D eigenvalue weighted by molar-refractivity contribution is 5.70. The van der Waals surface area contributed by atoms with Crippen molar-refractivity contribution in [3.8, 4) is 0 Å². The maximum Gasteiger partial charge on any atom is 0.416 e. The molecule has 0 aromatic heterocycles. The highest BCUT2D eigenvalue weighted by atomic mass is 19.4. The molecule has 2 rings (SSSR count). The fourth-order valence-corrected chi connectivity index (χ4v) is 2.86. The maximum absolute atomic E-state index is 12.8. The minimum atomic E-state index is -4.36. The zero-order valence-corrected chi connectivity index (χ0v) is 11.7. The van der Waals surface area contributed by atoms with Gasteiger partial charge in [0.2, 0.25) is 0 Å². The predicted molar refractivity (Wildman–Crippen MR) is 73.2 cm³/mol. The number of anilines is 1. The van der Waals surface area contributed by atoms with Crippen molar-refractivity contribution >= 4 is 11.7 Å². The van der Waals surface area contributed by atoms with Crippen LogP contribution in [0.15, 0.2) is 24.3 Å². The van der Waals surface area contributed by atoms with Crippen LogP contribution in [0.4, 0.5) is 18.9 Å². The van der Waals surface area contributed by atoms with Crippen molar-refractivity contribution in [3.05, 3.63) is 29.8 Å². The lowest BCUT2D eigenvalue weighted by Crippen LogP contribution is -2.44. The third kappa shape index (κ3) is 3.49. The van der Waals surface area contributed by atoms with Gasteiger partial charge in [0, 0.05) is 18.3 Å². The third-order valence-electron chi connectivity index (χ3n) is 4.04. The van der Waals surface area contributed by atoms with Crippen LogP contribution in [0.3, 0.4) is 0 Å². The van der Waals surface area contributed by atoms with E-state index < -0.39 is 23.6 Å². The molecular weight excluding hydrogens is 283 g/mol. The highest BCUT2D eigenvalue weighted by Crippen LogP contribution is 2.34. The van der Waals surface area contributed by atoms with E-state index in [1.165, 1.54) is 6.07 Å². The Morgan fingerprint density at radius 3 is 2.71 bits per heavy atom. The number of aliphatic carboxylic acids is 1. The summed E-state index contributed by atoms with van der Waals surface area (Å²) in [6, 6.07) is 5.20. The molecule has 1 aliphatic rings. The summed E-state index contributed by atoms with van der Waals surface area (Å²) in [5.41, 5.74) is -0.157. The number of carbonyl (C=O) groups is 1. The van der Waals surface area contributed by atoms with Gasteiger partial charge in [0.05, 0.1) is 11.5 Å². The van der Waals surface area contributed by atoms with Crippen molar-refractivity contribution in [2.45, 2.75) is 38.4 Å². The largest absolute Gasteiger partial charge is 0.481 e. The molecule has 0 aliphatic carbocycles. The number of rotatable bonds is 3. The first kappa shape index (κ1) is 15.7. The van der Waals surface area contributed by atoms with Crippen LogP contribution in [0.2, 0.25) is 0 Å². The average molecular weight is 301 g/mol. The van der Waals surface area contributed by atoms with Crippen molar-refractivity contribution in [1.29, 1.82) is 0 Å². The van der Waals surface area contributed by atoms with Crippen LogP contribution in [-0.4, -0.2) is 23.7 Å². The van der Waals surface area contributed by atoms with E-state index in [0.29, 0.717) is 31.5 Å². The molecule has 0 saturated carbocycles. The molecule has 0 bridgehead atoms. The maximum atomic E-state index is 12.8. The molecule has 1 aliphatic heterocycles. The Morgan fingerprint density at radius 2 is 2.14 bits per heavy atom. The molecule has 1 aromatic rings. The van der Waals surface area contributed by atoms with Gasteiger partial charge in [-0.05, 0) is 37.5 Å². The number of hydrogen-bond donors (Lipinski definition) is 1. The minimum absolute atomic E-state index is 0.0386. The van der Waals surface area contributed by atoms with Gasteiger partial charge in [0.25, 0.3) is 0 Å². The van der Waals surface area contributed by atoms with Crippen molar-refractivity contribution in [1.82, 2.24) is 0 Å². The molecule has 2 unspecified atom stereocenters. The van der Waals surface area contributed by atoms with Gasteiger partial charge in [0.15, 0.2) is 0 Å². The summed E-state index contributed by atoms with van der Waals surface area (Å²) >= 11 is 0. The van der Waals surface area contributed by atoms with Gasteiger partial charge < -0.3 is 10.0 Å². The molecule has 3 nitrogen and oxygen atoms in total. The molecule has 0 spiro atoms. The number of carboxylic acids is 1. The molecule has 1 N–H and O–H groups in total. The fraction of sp³-hybridized carbons (Fsp3) is 0.533. The first-order valence-electron chi connectivity index (χ1n) is 6.99. The summed E-state index contributed by atoms with van der Waals surface area (Å²) in [7, 11) is 0. The monoisotopic (exact) mass is 301 g/mol. The van der Waals surface area contributed by atoms with Gasteiger partial charge in [-0.2, -0.15) is 13.2 Å². The number of piperidine rings is 1. The van der Waals surface area contributed by atoms with E-state index in [-0.39, 0.29) is 6.04 Å². The summed E-state index contributed by atoms with van der Waals surface area (Å²) < 4.78 is 38.4. The molecule has 0 amide bonds. The van der Waals surface area contributed by atoms with Gasteiger partial charge >= 0.3 is 12.1 Å². The Balaban J connectivity index is 2.23. The molecule has 1 aromatic carbocycles. The quantitative estimate of drug-likeness (QED) is 0.923. The molecule has 116 valence electrons. The van der Waals surface area contributed by atoms with Gasteiger partial charge in [-0.25, -0.2) is 0 Å². The lowest BCUT2D eigenvalue weighted by molar-refractivity contribution is -0.142. The Labute approximate surface area is 121 Å². The molecule has 6 heteroatoms. The third-order valence-corrected chi connectivity index (χ3v) is 4.04. The van der Waals surface area contributed by atoms with E-state index in [0.717, 1.165) is 12.1 Å². The Bertz CT molecular complexity index is 516. The van der Waals surface area contributed by atoms with Crippen molar-refractivity contribution in [3.63, 3.8) is 0 Å².